The summed E-state index contributed by atoms with van der Waals surface area (Å²) in [6.45, 7) is 2.91. The summed E-state index contributed by atoms with van der Waals surface area (Å²) in [6, 6.07) is 13.9. The SMILES string of the molecule is CCCCCCCOc1ccccc1C=Nc1ccc([N+](=O)[O-])cc1. The van der Waals surface area contributed by atoms with Gasteiger partial charge in [-0.25, -0.2) is 0 Å². The molecule has 0 radical (unpaired) electrons. The van der Waals surface area contributed by atoms with Crippen molar-refractivity contribution in [1.29, 1.82) is 0 Å². The fourth-order valence-corrected chi connectivity index (χ4v) is 2.41. The van der Waals surface area contributed by atoms with Gasteiger partial charge in [0.1, 0.15) is 5.75 Å². The molecular weight excluding hydrogens is 316 g/mol. The van der Waals surface area contributed by atoms with E-state index in [2.05, 4.69) is 11.9 Å². The van der Waals surface area contributed by atoms with Crippen molar-refractivity contribution in [3.63, 3.8) is 0 Å². The molecule has 0 aliphatic rings. The van der Waals surface area contributed by atoms with E-state index in [9.17, 15) is 10.1 Å². The van der Waals surface area contributed by atoms with E-state index in [0.29, 0.717) is 12.3 Å². The number of hydrogen-bond donors (Lipinski definition) is 0. The van der Waals surface area contributed by atoms with Crippen LogP contribution in [0.3, 0.4) is 0 Å². The Labute approximate surface area is 148 Å². The average Bonchev–Trinajstić information content (AvgIpc) is 2.64. The summed E-state index contributed by atoms with van der Waals surface area (Å²) in [5.74, 6) is 0.809. The number of unbranched alkanes of at least 4 members (excludes halogenated alkanes) is 4. The summed E-state index contributed by atoms with van der Waals surface area (Å²) in [7, 11) is 0. The minimum absolute atomic E-state index is 0.0609. The number of non-ortho nitro benzene ring substituents is 1. The first-order chi connectivity index (χ1) is 12.2. The van der Waals surface area contributed by atoms with Crippen LogP contribution in [0.1, 0.15) is 44.6 Å². The Balaban J connectivity index is 1.94. The van der Waals surface area contributed by atoms with E-state index in [1.54, 1.807) is 18.3 Å². The normalized spacial score (nSPS) is 10.9. The molecule has 2 aromatic carbocycles. The Hall–Kier alpha value is -2.69. The van der Waals surface area contributed by atoms with Crippen molar-refractivity contribution >= 4 is 17.6 Å². The van der Waals surface area contributed by atoms with Gasteiger partial charge in [-0.05, 0) is 30.7 Å². The van der Waals surface area contributed by atoms with Crippen LogP contribution in [0.5, 0.6) is 5.75 Å². The van der Waals surface area contributed by atoms with Crippen molar-refractivity contribution in [2.75, 3.05) is 6.61 Å². The van der Waals surface area contributed by atoms with Gasteiger partial charge in [0.2, 0.25) is 0 Å². The summed E-state index contributed by atoms with van der Waals surface area (Å²) in [4.78, 5) is 14.6. The van der Waals surface area contributed by atoms with Crippen LogP contribution in [-0.2, 0) is 0 Å². The largest absolute Gasteiger partial charge is 0.493 e. The summed E-state index contributed by atoms with van der Waals surface area (Å²) in [6.07, 6.45) is 7.73. The first-order valence-electron chi connectivity index (χ1n) is 8.71. The lowest BCUT2D eigenvalue weighted by molar-refractivity contribution is -0.384. The van der Waals surface area contributed by atoms with E-state index in [4.69, 9.17) is 4.74 Å². The smallest absolute Gasteiger partial charge is 0.269 e. The lowest BCUT2D eigenvalue weighted by Crippen LogP contribution is -2.00. The predicted octanol–water partition coefficient (Wildman–Crippen LogP) is 5.69. The van der Waals surface area contributed by atoms with E-state index < -0.39 is 4.92 Å². The minimum atomic E-state index is -0.419. The molecule has 0 N–H and O–H groups in total. The van der Waals surface area contributed by atoms with Gasteiger partial charge in [-0.1, -0.05) is 44.7 Å². The maximum atomic E-state index is 10.7. The Morgan fingerprint density at radius 1 is 1.04 bits per heavy atom. The Bertz CT molecular complexity index is 696. The molecule has 0 spiro atoms. The lowest BCUT2D eigenvalue weighted by Gasteiger charge is -2.08. The second kappa shape index (κ2) is 10.2. The van der Waals surface area contributed by atoms with Crippen LogP contribution in [0.25, 0.3) is 0 Å². The van der Waals surface area contributed by atoms with Crippen molar-refractivity contribution in [3.05, 3.63) is 64.2 Å². The minimum Gasteiger partial charge on any atom is -0.493 e. The molecule has 0 saturated carbocycles. The predicted molar refractivity (Wildman–Crippen MR) is 101 cm³/mol. The molecule has 0 aliphatic carbocycles. The van der Waals surface area contributed by atoms with Crippen LogP contribution in [0, 0.1) is 10.1 Å². The molecular formula is C20H24N2O3. The number of nitro benzene ring substituents is 1. The van der Waals surface area contributed by atoms with Crippen LogP contribution in [0.4, 0.5) is 11.4 Å². The van der Waals surface area contributed by atoms with Crippen molar-refractivity contribution in [2.45, 2.75) is 39.0 Å². The maximum absolute atomic E-state index is 10.7. The van der Waals surface area contributed by atoms with Gasteiger partial charge in [0.05, 0.1) is 17.2 Å². The topological polar surface area (TPSA) is 64.7 Å². The van der Waals surface area contributed by atoms with Crippen molar-refractivity contribution in [1.82, 2.24) is 0 Å². The molecule has 0 unspecified atom stereocenters. The zero-order valence-corrected chi connectivity index (χ0v) is 14.6. The number of para-hydroxylation sites is 1. The molecule has 132 valence electrons. The zero-order valence-electron chi connectivity index (χ0n) is 14.6. The molecule has 0 atom stereocenters. The highest BCUT2D eigenvalue weighted by Gasteiger charge is 2.04. The van der Waals surface area contributed by atoms with Gasteiger partial charge in [0.15, 0.2) is 0 Å². The van der Waals surface area contributed by atoms with Crippen molar-refractivity contribution in [3.8, 4) is 5.75 Å². The number of nitro groups is 1. The molecule has 2 aromatic rings. The molecule has 0 saturated heterocycles. The fourth-order valence-electron chi connectivity index (χ4n) is 2.41. The van der Waals surface area contributed by atoms with Gasteiger partial charge in [0.25, 0.3) is 5.69 Å². The van der Waals surface area contributed by atoms with Crippen molar-refractivity contribution < 1.29 is 9.66 Å². The van der Waals surface area contributed by atoms with Crippen molar-refractivity contribution in [2.24, 2.45) is 4.99 Å². The average molecular weight is 340 g/mol. The molecule has 0 heterocycles. The third-order valence-corrected chi connectivity index (χ3v) is 3.84. The summed E-state index contributed by atoms with van der Waals surface area (Å²) < 4.78 is 5.88. The van der Waals surface area contributed by atoms with Crippen LogP contribution >= 0.6 is 0 Å². The summed E-state index contributed by atoms with van der Waals surface area (Å²) >= 11 is 0. The number of nitrogens with zero attached hydrogens (tertiary/aromatic N) is 2. The van der Waals surface area contributed by atoms with Gasteiger partial charge in [-0.3, -0.25) is 15.1 Å². The lowest BCUT2D eigenvalue weighted by atomic mass is 10.1. The van der Waals surface area contributed by atoms with E-state index in [0.717, 1.165) is 17.7 Å². The first-order valence-corrected chi connectivity index (χ1v) is 8.71. The number of benzene rings is 2. The van der Waals surface area contributed by atoms with Gasteiger partial charge in [-0.15, -0.1) is 0 Å². The fraction of sp³-hybridized carbons (Fsp3) is 0.350. The van der Waals surface area contributed by atoms with Gasteiger partial charge in [0, 0.05) is 23.9 Å². The van der Waals surface area contributed by atoms with Crippen LogP contribution in [0.2, 0.25) is 0 Å². The molecule has 0 amide bonds. The standard InChI is InChI=1S/C20H24N2O3/c1-2-3-4-5-8-15-25-20-10-7-6-9-17(20)16-21-18-11-13-19(14-12-18)22(23)24/h6-7,9-14,16H,2-5,8,15H2,1H3. The van der Waals surface area contributed by atoms with Crippen LogP contribution < -0.4 is 4.74 Å². The monoisotopic (exact) mass is 340 g/mol. The highest BCUT2D eigenvalue weighted by Crippen LogP contribution is 2.20. The molecule has 0 aromatic heterocycles. The van der Waals surface area contributed by atoms with E-state index in [1.165, 1.54) is 37.8 Å². The van der Waals surface area contributed by atoms with E-state index in [1.807, 2.05) is 24.3 Å². The van der Waals surface area contributed by atoms with E-state index in [-0.39, 0.29) is 5.69 Å². The molecule has 25 heavy (non-hydrogen) atoms. The highest BCUT2D eigenvalue weighted by atomic mass is 16.6. The first kappa shape index (κ1) is 18.6. The van der Waals surface area contributed by atoms with Gasteiger partial charge < -0.3 is 4.74 Å². The summed E-state index contributed by atoms with van der Waals surface area (Å²) in [5, 5.41) is 10.7. The quantitative estimate of drug-likeness (QED) is 0.241. The molecule has 0 bridgehead atoms. The second-order valence-electron chi connectivity index (χ2n) is 5.83. The number of hydrogen-bond acceptors (Lipinski definition) is 4. The maximum Gasteiger partial charge on any atom is 0.269 e. The molecule has 2 rings (SSSR count). The number of ether oxygens (including phenoxy) is 1. The number of rotatable bonds is 10. The molecule has 5 nitrogen and oxygen atoms in total. The number of aliphatic imine (C=N–C) groups is 1. The molecule has 0 fully saturated rings. The van der Waals surface area contributed by atoms with Crippen LogP contribution in [-0.4, -0.2) is 17.7 Å². The van der Waals surface area contributed by atoms with E-state index >= 15 is 0 Å². The third kappa shape index (κ3) is 6.37. The Morgan fingerprint density at radius 3 is 2.48 bits per heavy atom. The van der Waals surface area contributed by atoms with Gasteiger partial charge >= 0.3 is 0 Å². The second-order valence-corrected chi connectivity index (χ2v) is 5.83. The van der Waals surface area contributed by atoms with Crippen LogP contribution in [0.15, 0.2) is 53.5 Å². The third-order valence-electron chi connectivity index (χ3n) is 3.84. The molecule has 0 aliphatic heterocycles. The highest BCUT2D eigenvalue weighted by molar-refractivity contribution is 5.85. The van der Waals surface area contributed by atoms with Gasteiger partial charge in [-0.2, -0.15) is 0 Å². The molecule has 5 heteroatoms. The Kier molecular flexibility index (Phi) is 7.63. The zero-order chi connectivity index (χ0) is 17.9. The Morgan fingerprint density at radius 2 is 1.76 bits per heavy atom. The summed E-state index contributed by atoms with van der Waals surface area (Å²) in [5.41, 5.74) is 1.63.